The van der Waals surface area contributed by atoms with Gasteiger partial charge >= 0.3 is 21.1 Å². The van der Waals surface area contributed by atoms with Gasteiger partial charge in [0.05, 0.1) is 16.9 Å². The number of hydrogen-bond donors (Lipinski definition) is 0. The Balaban J connectivity index is 0.00000336. The van der Waals surface area contributed by atoms with Crippen molar-refractivity contribution in [2.24, 2.45) is 0 Å². The molecule has 0 radical (unpaired) electrons. The smallest absolute Gasteiger partial charge is 0.353 e. The fourth-order valence-electron chi connectivity index (χ4n) is 6.82. The Morgan fingerprint density at radius 2 is 1.27 bits per heavy atom. The number of anilines is 3. The summed E-state index contributed by atoms with van der Waals surface area (Å²) in [7, 11) is 0. The van der Waals surface area contributed by atoms with Crippen LogP contribution in [-0.2, 0) is 21.1 Å². The van der Waals surface area contributed by atoms with Crippen molar-refractivity contribution in [3.63, 3.8) is 0 Å². The van der Waals surface area contributed by atoms with E-state index in [1.807, 2.05) is 36.5 Å². The van der Waals surface area contributed by atoms with Gasteiger partial charge in [0, 0.05) is 23.3 Å². The Hall–Kier alpha value is -5.51. The molecule has 1 aliphatic rings. The van der Waals surface area contributed by atoms with E-state index in [4.69, 9.17) is 4.98 Å². The molecule has 6 aromatic carbocycles. The van der Waals surface area contributed by atoms with Crippen molar-refractivity contribution >= 4 is 51.2 Å². The van der Waals surface area contributed by atoms with Gasteiger partial charge in [-0.3, -0.25) is 4.98 Å². The third-order valence-corrected chi connectivity index (χ3v) is 8.87. The quantitative estimate of drug-likeness (QED) is 0.133. The third-order valence-electron chi connectivity index (χ3n) is 8.87. The Bertz CT molecular complexity index is 2380. The summed E-state index contributed by atoms with van der Waals surface area (Å²) >= 11 is 0. The van der Waals surface area contributed by atoms with E-state index in [0.717, 1.165) is 67.4 Å². The number of hydrogen-bond acceptors (Lipinski definition) is 3. The molecule has 9 rings (SSSR count). The Kier molecular flexibility index (Phi) is 7.84. The molecule has 1 aliphatic heterocycles. The van der Waals surface area contributed by atoms with E-state index in [2.05, 4.69) is 154 Å². The minimum atomic E-state index is -0.112. The third kappa shape index (κ3) is 5.08. The molecule has 0 amide bonds. The summed E-state index contributed by atoms with van der Waals surface area (Å²) in [4.78, 5) is 12.2. The summed E-state index contributed by atoms with van der Waals surface area (Å²) in [5, 5.41) is 0. The summed E-state index contributed by atoms with van der Waals surface area (Å²) in [6.07, 6.45) is 1.83. The van der Waals surface area contributed by atoms with Gasteiger partial charge in [0.2, 0.25) is 6.71 Å². The molecular formula is C42H27BN4Pt. The summed E-state index contributed by atoms with van der Waals surface area (Å²) in [6.45, 7) is -0.112. The fourth-order valence-corrected chi connectivity index (χ4v) is 6.82. The number of aromatic nitrogens is 3. The van der Waals surface area contributed by atoms with Gasteiger partial charge in [-0.1, -0.05) is 78.9 Å². The summed E-state index contributed by atoms with van der Waals surface area (Å²) in [5.41, 5.74) is 12.5. The zero-order valence-corrected chi connectivity index (χ0v) is 28.0. The van der Waals surface area contributed by atoms with Crippen LogP contribution in [0.5, 0.6) is 0 Å². The molecule has 0 unspecified atom stereocenters. The van der Waals surface area contributed by atoms with Gasteiger partial charge in [-0.2, -0.15) is 5.46 Å². The van der Waals surface area contributed by atoms with Gasteiger partial charge in [0.25, 0.3) is 0 Å². The van der Waals surface area contributed by atoms with E-state index in [1.165, 1.54) is 5.46 Å². The zero-order chi connectivity index (χ0) is 31.2. The maximum Gasteiger partial charge on any atom is 2.00 e. The number of fused-ring (bicyclic) bond motifs is 3. The first-order valence-electron chi connectivity index (χ1n) is 15.8. The molecule has 8 aromatic rings. The molecule has 6 heteroatoms. The van der Waals surface area contributed by atoms with Crippen LogP contribution in [-0.4, -0.2) is 21.2 Å². The van der Waals surface area contributed by atoms with E-state index < -0.39 is 0 Å². The molecule has 0 spiro atoms. The van der Waals surface area contributed by atoms with Crippen LogP contribution >= 0.6 is 0 Å². The topological polar surface area (TPSA) is 34.0 Å². The van der Waals surface area contributed by atoms with Crippen LogP contribution in [0, 0.1) is 12.1 Å². The van der Waals surface area contributed by atoms with Crippen molar-refractivity contribution in [1.82, 2.24) is 14.5 Å². The second kappa shape index (κ2) is 12.6. The molecule has 0 saturated heterocycles. The number of rotatable bonds is 5. The first-order valence-corrected chi connectivity index (χ1v) is 15.8. The normalized spacial score (nSPS) is 11.9. The first-order chi connectivity index (χ1) is 23.3. The maximum absolute atomic E-state index is 5.18. The number of benzene rings is 6. The minimum Gasteiger partial charge on any atom is -0.353 e. The fraction of sp³-hybridized carbons (Fsp3) is 0. The van der Waals surface area contributed by atoms with Gasteiger partial charge in [-0.15, -0.1) is 59.1 Å². The standard InChI is InChI=1S/C42H27BN4.Pt/c1-3-16-33(17-4-1)46-39-23-9-7-20-35(39)43(32-15-13-14-30(28-32)37-21-11-12-27-44-37)36-29-31(25-26-40(36)46)42-45-38-22-8-10-24-41(38)47(42)34-18-5-2-6-19-34;/h1-27H;/q-2;+2. The van der Waals surface area contributed by atoms with Gasteiger partial charge in [0.15, 0.2) is 0 Å². The molecule has 0 atom stereocenters. The zero-order valence-electron chi connectivity index (χ0n) is 25.8. The van der Waals surface area contributed by atoms with Crippen LogP contribution in [0.25, 0.3) is 39.4 Å². The van der Waals surface area contributed by atoms with E-state index >= 15 is 0 Å². The summed E-state index contributed by atoms with van der Waals surface area (Å²) < 4.78 is 2.24. The molecule has 4 nitrogen and oxygen atoms in total. The van der Waals surface area contributed by atoms with Crippen molar-refractivity contribution in [2.75, 3.05) is 4.90 Å². The molecule has 2 aromatic heterocycles. The predicted molar refractivity (Wildman–Crippen MR) is 193 cm³/mol. The predicted octanol–water partition coefficient (Wildman–Crippen LogP) is 7.65. The van der Waals surface area contributed by atoms with Gasteiger partial charge in [-0.25, -0.2) is 0 Å². The van der Waals surface area contributed by atoms with E-state index in [9.17, 15) is 0 Å². The Labute approximate surface area is 294 Å². The molecule has 0 bridgehead atoms. The van der Waals surface area contributed by atoms with Crippen LogP contribution < -0.4 is 21.3 Å². The Morgan fingerprint density at radius 3 is 2.08 bits per heavy atom. The molecular weight excluding hydrogens is 766 g/mol. The second-order valence-electron chi connectivity index (χ2n) is 11.7. The van der Waals surface area contributed by atoms with Crippen molar-refractivity contribution in [1.29, 1.82) is 0 Å². The summed E-state index contributed by atoms with van der Waals surface area (Å²) in [5.74, 6) is 0.857. The minimum absolute atomic E-state index is 0. The monoisotopic (exact) mass is 793 g/mol. The van der Waals surface area contributed by atoms with E-state index in [-0.39, 0.29) is 27.8 Å². The number of pyridine rings is 1. The Morgan fingerprint density at radius 1 is 0.542 bits per heavy atom. The largest absolute Gasteiger partial charge is 2.00 e. The molecule has 0 aliphatic carbocycles. The maximum atomic E-state index is 5.18. The van der Waals surface area contributed by atoms with Crippen LogP contribution in [0.3, 0.4) is 0 Å². The molecule has 0 fully saturated rings. The first kappa shape index (κ1) is 29.9. The van der Waals surface area contributed by atoms with Crippen molar-refractivity contribution in [3.8, 4) is 28.3 Å². The van der Waals surface area contributed by atoms with Crippen LogP contribution in [0.1, 0.15) is 0 Å². The van der Waals surface area contributed by atoms with Crippen LogP contribution in [0.4, 0.5) is 17.1 Å². The molecule has 48 heavy (non-hydrogen) atoms. The van der Waals surface area contributed by atoms with E-state index in [0.29, 0.717) is 0 Å². The van der Waals surface area contributed by atoms with Crippen molar-refractivity contribution in [3.05, 3.63) is 176 Å². The van der Waals surface area contributed by atoms with Crippen LogP contribution in [0.15, 0.2) is 164 Å². The SMILES string of the molecule is [Pt+2].[c-]1c(B2c3[c-]c(-c4nc5ccccc5n4-c4ccccc4)ccc3N(c3ccccc3)c3ccccc32)cccc1-c1ccccn1. The number of para-hydroxylation sites is 5. The second-order valence-corrected chi connectivity index (χ2v) is 11.7. The number of nitrogens with zero attached hydrogens (tertiary/aromatic N) is 4. The molecule has 3 heterocycles. The number of imidazole rings is 1. The van der Waals surface area contributed by atoms with E-state index in [1.54, 1.807) is 0 Å². The van der Waals surface area contributed by atoms with Crippen molar-refractivity contribution < 1.29 is 21.1 Å². The van der Waals surface area contributed by atoms with Crippen molar-refractivity contribution in [2.45, 2.75) is 0 Å². The molecule has 0 N–H and O–H groups in total. The van der Waals surface area contributed by atoms with Gasteiger partial charge in [-0.05, 0) is 65.4 Å². The van der Waals surface area contributed by atoms with Gasteiger partial charge in [0.1, 0.15) is 0 Å². The average molecular weight is 794 g/mol. The van der Waals surface area contributed by atoms with Gasteiger partial charge < -0.3 is 14.5 Å². The summed E-state index contributed by atoms with van der Waals surface area (Å²) in [6, 6.07) is 62.5. The van der Waals surface area contributed by atoms with Crippen LogP contribution in [0.2, 0.25) is 0 Å². The molecule has 0 saturated carbocycles. The average Bonchev–Trinajstić information content (AvgIpc) is 3.54. The molecule has 228 valence electrons.